The molecular weight excluding hydrogens is 286 g/mol. The van der Waals surface area contributed by atoms with Crippen LogP contribution in [0.15, 0.2) is 29.2 Å². The number of morpholine rings is 1. The van der Waals surface area contributed by atoms with Crippen LogP contribution >= 0.6 is 11.3 Å². The molecule has 1 aliphatic rings. The Morgan fingerprint density at radius 3 is 3.10 bits per heavy atom. The molecule has 0 amide bonds. The van der Waals surface area contributed by atoms with E-state index < -0.39 is 0 Å². The maximum absolute atomic E-state index is 6.05. The Labute approximate surface area is 128 Å². The third kappa shape index (κ3) is 3.33. The molecule has 2 atom stereocenters. The second-order valence-electron chi connectivity index (χ2n) is 5.04. The molecule has 0 aliphatic carbocycles. The van der Waals surface area contributed by atoms with Crippen LogP contribution in [-0.2, 0) is 4.74 Å². The molecule has 0 saturated carbocycles. The Morgan fingerprint density at radius 1 is 1.43 bits per heavy atom. The zero-order chi connectivity index (χ0) is 14.7. The fourth-order valence-electron chi connectivity index (χ4n) is 2.51. The third-order valence-electron chi connectivity index (χ3n) is 3.42. The van der Waals surface area contributed by atoms with Crippen molar-refractivity contribution < 1.29 is 9.47 Å². The quantitative estimate of drug-likeness (QED) is 0.869. The van der Waals surface area contributed by atoms with E-state index in [1.165, 1.54) is 5.56 Å². The van der Waals surface area contributed by atoms with Gasteiger partial charge in [0.1, 0.15) is 18.2 Å². The van der Waals surface area contributed by atoms with Gasteiger partial charge in [0.15, 0.2) is 0 Å². The minimum atomic E-state index is 0.0884. The van der Waals surface area contributed by atoms with Crippen LogP contribution in [0.1, 0.15) is 25.5 Å². The van der Waals surface area contributed by atoms with Gasteiger partial charge < -0.3 is 14.4 Å². The summed E-state index contributed by atoms with van der Waals surface area (Å²) >= 11 is 1.70. The summed E-state index contributed by atoms with van der Waals surface area (Å²) in [7, 11) is 0. The highest BCUT2D eigenvalue weighted by Crippen LogP contribution is 2.29. The zero-order valence-electron chi connectivity index (χ0n) is 12.2. The first-order valence-electron chi connectivity index (χ1n) is 7.13. The smallest absolute Gasteiger partial charge is 0.218 e. The Kier molecular flexibility index (Phi) is 4.36. The van der Waals surface area contributed by atoms with Gasteiger partial charge in [0.2, 0.25) is 5.88 Å². The maximum atomic E-state index is 6.05. The Bertz CT molecular complexity index is 576. The molecule has 0 aromatic carbocycles. The summed E-state index contributed by atoms with van der Waals surface area (Å²) in [5.41, 5.74) is 1.23. The van der Waals surface area contributed by atoms with Crippen LogP contribution in [0.25, 0.3) is 0 Å². The lowest BCUT2D eigenvalue weighted by Crippen LogP contribution is -2.43. The van der Waals surface area contributed by atoms with E-state index in [4.69, 9.17) is 9.47 Å². The van der Waals surface area contributed by atoms with E-state index in [0.717, 1.165) is 18.9 Å². The SMILES string of the molecule is CCOc1cc(N2CC(C)OC(c3ccsc3)C2)ncn1. The van der Waals surface area contributed by atoms with Crippen LogP contribution in [0.4, 0.5) is 5.82 Å². The van der Waals surface area contributed by atoms with Crippen molar-refractivity contribution in [2.45, 2.75) is 26.1 Å². The summed E-state index contributed by atoms with van der Waals surface area (Å²) in [5, 5.41) is 4.23. The molecule has 112 valence electrons. The van der Waals surface area contributed by atoms with Crippen LogP contribution in [0.2, 0.25) is 0 Å². The highest BCUT2D eigenvalue weighted by molar-refractivity contribution is 7.07. The van der Waals surface area contributed by atoms with E-state index in [2.05, 4.69) is 38.6 Å². The minimum Gasteiger partial charge on any atom is -0.478 e. The fourth-order valence-corrected chi connectivity index (χ4v) is 3.21. The number of aromatic nitrogens is 2. The number of hydrogen-bond acceptors (Lipinski definition) is 6. The van der Waals surface area contributed by atoms with E-state index in [1.807, 2.05) is 13.0 Å². The normalized spacial score (nSPS) is 22.3. The van der Waals surface area contributed by atoms with Gasteiger partial charge in [-0.05, 0) is 36.2 Å². The number of ether oxygens (including phenoxy) is 2. The van der Waals surface area contributed by atoms with Crippen LogP contribution < -0.4 is 9.64 Å². The van der Waals surface area contributed by atoms with Crippen molar-refractivity contribution in [3.63, 3.8) is 0 Å². The molecule has 2 unspecified atom stereocenters. The molecule has 21 heavy (non-hydrogen) atoms. The highest BCUT2D eigenvalue weighted by atomic mass is 32.1. The standard InChI is InChI=1S/C15H19N3O2S/c1-3-19-15-6-14(16-10-17-15)18-7-11(2)20-13(8-18)12-4-5-21-9-12/h4-6,9-11,13H,3,7-8H2,1-2H3. The number of anilines is 1. The van der Waals surface area contributed by atoms with Crippen molar-refractivity contribution in [3.8, 4) is 5.88 Å². The average molecular weight is 305 g/mol. The average Bonchev–Trinajstić information content (AvgIpc) is 3.01. The predicted molar refractivity (Wildman–Crippen MR) is 83.0 cm³/mol. The van der Waals surface area contributed by atoms with Gasteiger partial charge in [0.25, 0.3) is 0 Å². The van der Waals surface area contributed by atoms with Gasteiger partial charge in [0.05, 0.1) is 12.7 Å². The summed E-state index contributed by atoms with van der Waals surface area (Å²) in [5.74, 6) is 1.51. The van der Waals surface area contributed by atoms with E-state index >= 15 is 0 Å². The predicted octanol–water partition coefficient (Wildman–Crippen LogP) is 2.90. The first-order valence-corrected chi connectivity index (χ1v) is 8.08. The lowest BCUT2D eigenvalue weighted by Gasteiger charge is -2.37. The molecule has 0 radical (unpaired) electrons. The van der Waals surface area contributed by atoms with Crippen LogP contribution in [0.3, 0.4) is 0 Å². The second-order valence-corrected chi connectivity index (χ2v) is 5.82. The molecule has 0 bridgehead atoms. The number of thiophene rings is 1. The molecule has 2 aromatic heterocycles. The summed E-state index contributed by atoms with van der Waals surface area (Å²) < 4.78 is 11.5. The van der Waals surface area contributed by atoms with Gasteiger partial charge in [-0.3, -0.25) is 0 Å². The van der Waals surface area contributed by atoms with Crippen molar-refractivity contribution in [2.24, 2.45) is 0 Å². The van der Waals surface area contributed by atoms with Crippen molar-refractivity contribution in [1.82, 2.24) is 9.97 Å². The molecular formula is C15H19N3O2S. The fraction of sp³-hybridized carbons (Fsp3) is 0.467. The van der Waals surface area contributed by atoms with Crippen molar-refractivity contribution in [3.05, 3.63) is 34.8 Å². The van der Waals surface area contributed by atoms with Crippen molar-refractivity contribution in [1.29, 1.82) is 0 Å². The number of hydrogen-bond donors (Lipinski definition) is 0. The molecule has 1 saturated heterocycles. The highest BCUT2D eigenvalue weighted by Gasteiger charge is 2.27. The first kappa shape index (κ1) is 14.3. The van der Waals surface area contributed by atoms with Gasteiger partial charge in [-0.25, -0.2) is 9.97 Å². The van der Waals surface area contributed by atoms with Gasteiger partial charge >= 0.3 is 0 Å². The van der Waals surface area contributed by atoms with Crippen molar-refractivity contribution in [2.75, 3.05) is 24.6 Å². The molecule has 0 N–H and O–H groups in total. The minimum absolute atomic E-state index is 0.0884. The molecule has 0 spiro atoms. The second kappa shape index (κ2) is 6.41. The maximum Gasteiger partial charge on any atom is 0.218 e. The van der Waals surface area contributed by atoms with E-state index in [1.54, 1.807) is 17.7 Å². The molecule has 5 nitrogen and oxygen atoms in total. The van der Waals surface area contributed by atoms with E-state index in [0.29, 0.717) is 12.5 Å². The number of nitrogens with zero attached hydrogens (tertiary/aromatic N) is 3. The molecule has 1 fully saturated rings. The Hall–Kier alpha value is -1.66. The monoisotopic (exact) mass is 305 g/mol. The first-order chi connectivity index (χ1) is 10.3. The molecule has 2 aromatic rings. The van der Waals surface area contributed by atoms with Crippen LogP contribution in [0.5, 0.6) is 5.88 Å². The molecule has 3 rings (SSSR count). The topological polar surface area (TPSA) is 47.5 Å². The van der Waals surface area contributed by atoms with Gasteiger partial charge in [-0.15, -0.1) is 0 Å². The van der Waals surface area contributed by atoms with Gasteiger partial charge in [-0.1, -0.05) is 0 Å². The zero-order valence-corrected chi connectivity index (χ0v) is 13.0. The summed E-state index contributed by atoms with van der Waals surface area (Å²) in [6, 6.07) is 4.02. The molecule has 6 heteroatoms. The largest absolute Gasteiger partial charge is 0.478 e. The summed E-state index contributed by atoms with van der Waals surface area (Å²) in [4.78, 5) is 10.7. The van der Waals surface area contributed by atoms with E-state index in [9.17, 15) is 0 Å². The molecule has 1 aliphatic heterocycles. The van der Waals surface area contributed by atoms with Crippen molar-refractivity contribution >= 4 is 17.2 Å². The van der Waals surface area contributed by atoms with E-state index in [-0.39, 0.29) is 12.2 Å². The Morgan fingerprint density at radius 2 is 2.33 bits per heavy atom. The number of rotatable bonds is 4. The Balaban J connectivity index is 1.79. The molecule has 3 heterocycles. The van der Waals surface area contributed by atoms with Gasteiger partial charge in [0, 0.05) is 19.2 Å². The lowest BCUT2D eigenvalue weighted by molar-refractivity contribution is -0.0174. The van der Waals surface area contributed by atoms with Crippen LogP contribution in [-0.4, -0.2) is 35.8 Å². The van der Waals surface area contributed by atoms with Gasteiger partial charge in [-0.2, -0.15) is 11.3 Å². The third-order valence-corrected chi connectivity index (χ3v) is 4.12. The summed E-state index contributed by atoms with van der Waals surface area (Å²) in [6.07, 6.45) is 1.81. The van der Waals surface area contributed by atoms with Crippen LogP contribution in [0, 0.1) is 0 Å². The summed E-state index contributed by atoms with van der Waals surface area (Å²) in [6.45, 7) is 6.27. The lowest BCUT2D eigenvalue weighted by atomic mass is 10.1.